The van der Waals surface area contributed by atoms with E-state index in [0.717, 1.165) is 16.8 Å². The van der Waals surface area contributed by atoms with E-state index in [1.54, 1.807) is 6.08 Å². The zero-order valence-electron chi connectivity index (χ0n) is 9.70. The molecule has 0 aliphatic rings. The van der Waals surface area contributed by atoms with Crippen LogP contribution in [0.3, 0.4) is 0 Å². The monoisotopic (exact) mass is 217 g/mol. The molecular formula is C13H15NO2. The number of hydrogen-bond donors (Lipinski definition) is 1. The maximum absolute atomic E-state index is 10.9. The summed E-state index contributed by atoms with van der Waals surface area (Å²) < 4.78 is 0. The highest BCUT2D eigenvalue weighted by Gasteiger charge is 1.99. The van der Waals surface area contributed by atoms with E-state index in [1.807, 2.05) is 25.1 Å². The molecule has 84 valence electrons. The SMILES string of the molecule is CC(=O)/C=C/c1ccc(NC(C)=O)cc1C. The Hall–Kier alpha value is -1.90. The number of carbonyl (C=O) groups excluding carboxylic acids is 2. The van der Waals surface area contributed by atoms with Gasteiger partial charge in [0.2, 0.25) is 5.91 Å². The number of amides is 1. The van der Waals surface area contributed by atoms with E-state index in [4.69, 9.17) is 0 Å². The number of aryl methyl sites for hydroxylation is 1. The molecule has 0 fully saturated rings. The van der Waals surface area contributed by atoms with Crippen molar-refractivity contribution in [3.8, 4) is 0 Å². The Bertz CT molecular complexity index is 447. The molecule has 16 heavy (non-hydrogen) atoms. The Labute approximate surface area is 95.2 Å². The first kappa shape index (κ1) is 12.2. The molecule has 0 saturated carbocycles. The van der Waals surface area contributed by atoms with Crippen LogP contribution in [0.25, 0.3) is 6.08 Å². The van der Waals surface area contributed by atoms with Gasteiger partial charge < -0.3 is 5.32 Å². The first-order valence-electron chi connectivity index (χ1n) is 5.06. The lowest BCUT2D eigenvalue weighted by Gasteiger charge is -2.05. The van der Waals surface area contributed by atoms with Crippen molar-refractivity contribution in [1.29, 1.82) is 0 Å². The van der Waals surface area contributed by atoms with Crippen molar-refractivity contribution in [2.45, 2.75) is 20.8 Å². The molecule has 0 aliphatic carbocycles. The number of allylic oxidation sites excluding steroid dienone is 1. The molecule has 1 aromatic rings. The highest BCUT2D eigenvalue weighted by atomic mass is 16.1. The van der Waals surface area contributed by atoms with Crippen molar-refractivity contribution in [2.75, 3.05) is 5.32 Å². The summed E-state index contributed by atoms with van der Waals surface area (Å²) >= 11 is 0. The fourth-order valence-electron chi connectivity index (χ4n) is 1.35. The number of rotatable bonds is 3. The molecular weight excluding hydrogens is 202 g/mol. The molecule has 0 unspecified atom stereocenters. The fourth-order valence-corrected chi connectivity index (χ4v) is 1.35. The number of hydrogen-bond acceptors (Lipinski definition) is 2. The third-order valence-electron chi connectivity index (χ3n) is 2.09. The van der Waals surface area contributed by atoms with E-state index in [0.29, 0.717) is 0 Å². The van der Waals surface area contributed by atoms with Crippen molar-refractivity contribution >= 4 is 23.5 Å². The van der Waals surface area contributed by atoms with Crippen LogP contribution in [0.15, 0.2) is 24.3 Å². The smallest absolute Gasteiger partial charge is 0.221 e. The molecule has 0 atom stereocenters. The first-order chi connectivity index (χ1) is 7.49. The lowest BCUT2D eigenvalue weighted by atomic mass is 10.1. The Kier molecular flexibility index (Phi) is 4.00. The fraction of sp³-hybridized carbons (Fsp3) is 0.231. The average molecular weight is 217 g/mol. The van der Waals surface area contributed by atoms with Crippen molar-refractivity contribution in [2.24, 2.45) is 0 Å². The predicted molar refractivity (Wildman–Crippen MR) is 65.2 cm³/mol. The summed E-state index contributed by atoms with van der Waals surface area (Å²) in [7, 11) is 0. The summed E-state index contributed by atoms with van der Waals surface area (Å²) in [6.45, 7) is 4.92. The van der Waals surface area contributed by atoms with Crippen LogP contribution in [-0.2, 0) is 9.59 Å². The van der Waals surface area contributed by atoms with E-state index in [9.17, 15) is 9.59 Å². The summed E-state index contributed by atoms with van der Waals surface area (Å²) in [5.41, 5.74) is 2.76. The molecule has 0 aliphatic heterocycles. The topological polar surface area (TPSA) is 46.2 Å². The van der Waals surface area contributed by atoms with Gasteiger partial charge in [0, 0.05) is 12.6 Å². The molecule has 0 radical (unpaired) electrons. The summed E-state index contributed by atoms with van der Waals surface area (Å²) in [6, 6.07) is 5.56. The molecule has 0 bridgehead atoms. The summed E-state index contributed by atoms with van der Waals surface area (Å²) in [4.78, 5) is 21.7. The number of anilines is 1. The van der Waals surface area contributed by atoms with Gasteiger partial charge in [0.25, 0.3) is 0 Å². The van der Waals surface area contributed by atoms with Gasteiger partial charge in [-0.3, -0.25) is 9.59 Å². The minimum Gasteiger partial charge on any atom is -0.326 e. The normalized spacial score (nSPS) is 10.4. The standard InChI is InChI=1S/C13H15NO2/c1-9-8-13(14-11(3)16)7-6-12(9)5-4-10(2)15/h4-8H,1-3H3,(H,14,16)/b5-4+. The molecule has 1 N–H and O–H groups in total. The van der Waals surface area contributed by atoms with Crippen LogP contribution >= 0.6 is 0 Å². The van der Waals surface area contributed by atoms with Gasteiger partial charge in [0.05, 0.1) is 0 Å². The van der Waals surface area contributed by atoms with Crippen LogP contribution in [0.5, 0.6) is 0 Å². The predicted octanol–water partition coefficient (Wildman–Crippen LogP) is 2.56. The third-order valence-corrected chi connectivity index (χ3v) is 2.09. The lowest BCUT2D eigenvalue weighted by molar-refractivity contribution is -0.114. The van der Waals surface area contributed by atoms with Crippen LogP contribution in [-0.4, -0.2) is 11.7 Å². The quantitative estimate of drug-likeness (QED) is 0.791. The lowest BCUT2D eigenvalue weighted by Crippen LogP contribution is -2.05. The van der Waals surface area contributed by atoms with E-state index < -0.39 is 0 Å². The van der Waals surface area contributed by atoms with Crippen molar-refractivity contribution in [3.05, 3.63) is 35.4 Å². The van der Waals surface area contributed by atoms with Gasteiger partial charge in [-0.15, -0.1) is 0 Å². The first-order valence-corrected chi connectivity index (χ1v) is 5.06. The van der Waals surface area contributed by atoms with Crippen molar-refractivity contribution in [1.82, 2.24) is 0 Å². The molecule has 1 aromatic carbocycles. The third kappa shape index (κ3) is 3.69. The Balaban J connectivity index is 2.91. The zero-order valence-corrected chi connectivity index (χ0v) is 9.70. The number of benzene rings is 1. The largest absolute Gasteiger partial charge is 0.326 e. The summed E-state index contributed by atoms with van der Waals surface area (Å²) in [6.07, 6.45) is 3.30. The molecule has 0 heterocycles. The van der Waals surface area contributed by atoms with Crippen LogP contribution < -0.4 is 5.32 Å². The zero-order chi connectivity index (χ0) is 12.1. The Morgan fingerprint density at radius 1 is 1.25 bits per heavy atom. The molecule has 3 nitrogen and oxygen atoms in total. The van der Waals surface area contributed by atoms with Gasteiger partial charge in [-0.25, -0.2) is 0 Å². The van der Waals surface area contributed by atoms with Crippen LogP contribution in [0.4, 0.5) is 5.69 Å². The van der Waals surface area contributed by atoms with Gasteiger partial charge in [-0.2, -0.15) is 0 Å². The molecule has 0 spiro atoms. The molecule has 1 amide bonds. The van der Waals surface area contributed by atoms with Gasteiger partial charge in [-0.1, -0.05) is 12.1 Å². The van der Waals surface area contributed by atoms with Crippen LogP contribution in [0, 0.1) is 6.92 Å². The molecule has 3 heteroatoms. The number of nitrogens with one attached hydrogen (secondary N) is 1. The summed E-state index contributed by atoms with van der Waals surface area (Å²) in [5, 5.41) is 2.71. The maximum atomic E-state index is 10.9. The molecule has 0 aromatic heterocycles. The second-order valence-corrected chi connectivity index (χ2v) is 3.70. The maximum Gasteiger partial charge on any atom is 0.221 e. The number of carbonyl (C=O) groups is 2. The molecule has 0 saturated heterocycles. The highest BCUT2D eigenvalue weighted by molar-refractivity contribution is 5.92. The average Bonchev–Trinajstić information content (AvgIpc) is 2.15. The van der Waals surface area contributed by atoms with E-state index >= 15 is 0 Å². The number of ketones is 1. The van der Waals surface area contributed by atoms with E-state index in [2.05, 4.69) is 5.32 Å². The van der Waals surface area contributed by atoms with Crippen molar-refractivity contribution < 1.29 is 9.59 Å². The van der Waals surface area contributed by atoms with Crippen LogP contribution in [0.2, 0.25) is 0 Å². The second kappa shape index (κ2) is 5.26. The van der Waals surface area contributed by atoms with Crippen LogP contribution in [0.1, 0.15) is 25.0 Å². The van der Waals surface area contributed by atoms with Gasteiger partial charge in [0.1, 0.15) is 0 Å². The minimum absolute atomic E-state index is 0.0188. The second-order valence-electron chi connectivity index (χ2n) is 3.70. The highest BCUT2D eigenvalue weighted by Crippen LogP contribution is 2.16. The van der Waals surface area contributed by atoms with E-state index in [-0.39, 0.29) is 11.7 Å². The van der Waals surface area contributed by atoms with Crippen molar-refractivity contribution in [3.63, 3.8) is 0 Å². The summed E-state index contributed by atoms with van der Waals surface area (Å²) in [5.74, 6) is -0.0724. The Morgan fingerprint density at radius 2 is 1.94 bits per heavy atom. The molecule has 1 rings (SSSR count). The Morgan fingerprint density at radius 3 is 2.44 bits per heavy atom. The van der Waals surface area contributed by atoms with Gasteiger partial charge >= 0.3 is 0 Å². The van der Waals surface area contributed by atoms with Gasteiger partial charge in [0.15, 0.2) is 5.78 Å². The minimum atomic E-state index is -0.0913. The van der Waals surface area contributed by atoms with Gasteiger partial charge in [-0.05, 0) is 43.2 Å². The van der Waals surface area contributed by atoms with E-state index in [1.165, 1.54) is 19.9 Å².